The minimum atomic E-state index is -5.85. The molecule has 3 rings (SSSR count). The van der Waals surface area contributed by atoms with E-state index < -0.39 is 46.8 Å². The molecule has 0 amide bonds. The van der Waals surface area contributed by atoms with E-state index in [1.54, 1.807) is 0 Å². The van der Waals surface area contributed by atoms with Gasteiger partial charge < -0.3 is 44.5 Å². The van der Waals surface area contributed by atoms with E-state index in [1.807, 2.05) is 0 Å². The molecule has 1 aliphatic heterocycles. The van der Waals surface area contributed by atoms with E-state index in [9.17, 15) is 34.0 Å². The monoisotopic (exact) mass is 493 g/mol. The summed E-state index contributed by atoms with van der Waals surface area (Å²) >= 11 is 0. The van der Waals surface area contributed by atoms with Crippen molar-refractivity contribution < 1.29 is 136 Å². The number of imidazole rings is 1. The zero-order valence-corrected chi connectivity index (χ0v) is 23.9. The fourth-order valence-corrected chi connectivity index (χ4v) is 3.96. The van der Waals surface area contributed by atoms with Crippen LogP contribution in [0, 0.1) is 0 Å². The molecular weight excluding hydrogens is 481 g/mol. The average molecular weight is 493 g/mol. The normalized spacial score (nSPS) is 25.6. The number of aliphatic hydroxyl groups excluding tert-OH is 2. The number of nitrogens with two attached hydrogens (primary N) is 1. The third kappa shape index (κ3) is 7.50. The van der Waals surface area contributed by atoms with Crippen LogP contribution < -0.4 is 109 Å². The number of aromatic nitrogens is 4. The number of hydrogen-bond donors (Lipinski definition) is 3. The molecule has 150 valence electrons. The predicted octanol–water partition coefficient (Wildman–Crippen LogP) is -12.6. The van der Waals surface area contributed by atoms with Crippen LogP contribution in [0.1, 0.15) is 6.23 Å². The van der Waals surface area contributed by atoms with Crippen LogP contribution >= 0.6 is 15.6 Å². The smallest absolute Gasteiger partial charge is 0.790 e. The van der Waals surface area contributed by atoms with Gasteiger partial charge in [0, 0.05) is 0 Å². The van der Waals surface area contributed by atoms with E-state index in [-0.39, 0.29) is 106 Å². The molecule has 0 radical (unpaired) electrons. The Bertz CT molecular complexity index is 946. The molecule has 1 aliphatic rings. The number of ether oxygens (including phenoxy) is 1. The third-order valence-electron chi connectivity index (χ3n) is 3.60. The minimum absolute atomic E-state index is 0. The zero-order chi connectivity index (χ0) is 20.0. The molecule has 20 heteroatoms. The van der Waals surface area contributed by atoms with Crippen molar-refractivity contribution in [1.29, 1.82) is 0 Å². The molecule has 1 fully saturated rings. The van der Waals surface area contributed by atoms with Crippen molar-refractivity contribution >= 4 is 32.6 Å². The van der Waals surface area contributed by atoms with Gasteiger partial charge in [0.05, 0.1) is 20.8 Å². The van der Waals surface area contributed by atoms with Gasteiger partial charge in [-0.25, -0.2) is 15.0 Å². The standard InChI is InChI=1S/C10H15N5O10P2.3Na/c11-8-5-9(13-2-12-8)15(3-14-5)10-7(17)6(16)4(24-10)1-23-27(21,22)25-26(18,19)20;;;/h2-4,6-7,10,16-17H,1H2,(H,21,22)(H2,11,12,13)(H2,18,19,20);;;/q;3*+1/p-3/t4-,6?,7?,10-;;;/m0.../s1. The average Bonchev–Trinajstić information content (AvgIpc) is 3.07. The number of hydrogen-bond acceptors (Lipinski definition) is 14. The van der Waals surface area contributed by atoms with Crippen molar-refractivity contribution in [2.45, 2.75) is 24.5 Å². The second kappa shape index (κ2) is 12.3. The van der Waals surface area contributed by atoms with E-state index in [0.29, 0.717) is 0 Å². The summed E-state index contributed by atoms with van der Waals surface area (Å²) < 4.78 is 35.7. The molecular formula is C10H12N5Na3O10P2. The van der Waals surface area contributed by atoms with Crippen molar-refractivity contribution in [3.05, 3.63) is 12.7 Å². The first-order valence-corrected chi connectivity index (χ1v) is 10.0. The first-order chi connectivity index (χ1) is 12.5. The number of phosphoric acid groups is 2. The first-order valence-electron chi connectivity index (χ1n) is 7.12. The summed E-state index contributed by atoms with van der Waals surface area (Å²) in [6.07, 6.45) is -3.48. The van der Waals surface area contributed by atoms with E-state index in [1.165, 1.54) is 10.9 Å². The van der Waals surface area contributed by atoms with Gasteiger partial charge in [-0.15, -0.1) is 0 Å². The molecule has 15 nitrogen and oxygen atoms in total. The molecule has 4 N–H and O–H groups in total. The molecule has 3 heterocycles. The SMILES string of the molecule is Nc1ncnc2c1ncn2[C@H]1O[C@@H](COP(=O)([O-])OP(=O)([O-])[O-])C(O)C1O.[Na+].[Na+].[Na+]. The topological polar surface area (TPSA) is 241 Å². The summed E-state index contributed by atoms with van der Waals surface area (Å²) in [7, 11) is -11.4. The second-order valence-electron chi connectivity index (χ2n) is 5.40. The summed E-state index contributed by atoms with van der Waals surface area (Å²) in [6, 6.07) is 0. The van der Waals surface area contributed by atoms with Crippen molar-refractivity contribution in [2.75, 3.05) is 12.3 Å². The van der Waals surface area contributed by atoms with Crippen LogP contribution in [0.15, 0.2) is 12.7 Å². The summed E-state index contributed by atoms with van der Waals surface area (Å²) in [5.41, 5.74) is 6.04. The van der Waals surface area contributed by atoms with Gasteiger partial charge in [-0.1, -0.05) is 0 Å². The van der Waals surface area contributed by atoms with E-state index in [0.717, 1.165) is 6.33 Å². The molecule has 30 heavy (non-hydrogen) atoms. The number of aliphatic hydroxyl groups is 2. The van der Waals surface area contributed by atoms with Gasteiger partial charge in [0.2, 0.25) is 0 Å². The van der Waals surface area contributed by atoms with Gasteiger partial charge in [-0.3, -0.25) is 13.4 Å². The molecule has 5 atom stereocenters. The third-order valence-corrected chi connectivity index (χ3v) is 5.66. The zero-order valence-electron chi connectivity index (χ0n) is 16.1. The van der Waals surface area contributed by atoms with Crippen LogP contribution in [0.2, 0.25) is 0 Å². The van der Waals surface area contributed by atoms with Crippen LogP contribution in [0.25, 0.3) is 11.2 Å². The molecule has 0 bridgehead atoms. The first kappa shape index (κ1) is 31.5. The molecule has 2 aromatic heterocycles. The number of nitrogens with zero attached hydrogens (tertiary/aromatic N) is 4. The van der Waals surface area contributed by atoms with Crippen molar-refractivity contribution in [3.8, 4) is 0 Å². The van der Waals surface area contributed by atoms with Crippen LogP contribution in [0.3, 0.4) is 0 Å². The maximum Gasteiger partial charge on any atom is 1.00 e. The molecule has 3 unspecified atom stereocenters. The van der Waals surface area contributed by atoms with Crippen LogP contribution in [-0.4, -0.2) is 54.7 Å². The number of fused-ring (bicyclic) bond motifs is 1. The Labute approximate surface area is 235 Å². The van der Waals surface area contributed by atoms with Gasteiger partial charge in [0.25, 0.3) is 7.82 Å². The molecule has 0 spiro atoms. The Hall–Kier alpha value is 1.49. The Morgan fingerprint density at radius 3 is 2.37 bits per heavy atom. The summed E-state index contributed by atoms with van der Waals surface area (Å²) in [5.74, 6) is 0.0655. The Kier molecular flexibility index (Phi) is 12.9. The Morgan fingerprint density at radius 1 is 1.13 bits per heavy atom. The van der Waals surface area contributed by atoms with Crippen LogP contribution in [0.5, 0.6) is 0 Å². The van der Waals surface area contributed by atoms with Gasteiger partial charge in [-0.2, -0.15) is 0 Å². The number of rotatable bonds is 6. The van der Waals surface area contributed by atoms with Crippen molar-refractivity contribution in [2.24, 2.45) is 0 Å². The predicted molar refractivity (Wildman–Crippen MR) is 77.9 cm³/mol. The molecule has 0 aromatic carbocycles. The summed E-state index contributed by atoms with van der Waals surface area (Å²) in [4.78, 5) is 43.7. The largest absolute Gasteiger partial charge is 1.00 e. The van der Waals surface area contributed by atoms with Gasteiger partial charge >= 0.3 is 88.7 Å². The van der Waals surface area contributed by atoms with Gasteiger partial charge in [0.1, 0.15) is 30.2 Å². The number of nitrogen functional groups attached to an aromatic ring is 1. The van der Waals surface area contributed by atoms with E-state index >= 15 is 0 Å². The van der Waals surface area contributed by atoms with Crippen LogP contribution in [0.4, 0.5) is 5.82 Å². The van der Waals surface area contributed by atoms with Crippen molar-refractivity contribution in [1.82, 2.24) is 19.5 Å². The molecule has 1 saturated heterocycles. The fourth-order valence-electron chi connectivity index (χ4n) is 2.46. The van der Waals surface area contributed by atoms with E-state index in [2.05, 4.69) is 23.8 Å². The Balaban J connectivity index is 0.00000280. The summed E-state index contributed by atoms with van der Waals surface area (Å²) in [6.45, 7) is -0.931. The quantitative estimate of drug-likeness (QED) is 0.250. The van der Waals surface area contributed by atoms with E-state index in [4.69, 9.17) is 10.5 Å². The Morgan fingerprint density at radius 2 is 1.77 bits per heavy atom. The maximum atomic E-state index is 11.3. The van der Waals surface area contributed by atoms with Crippen LogP contribution in [-0.2, 0) is 22.7 Å². The fraction of sp³-hybridized carbons (Fsp3) is 0.500. The van der Waals surface area contributed by atoms with Crippen molar-refractivity contribution in [3.63, 3.8) is 0 Å². The molecule has 0 saturated carbocycles. The minimum Gasteiger partial charge on any atom is -0.790 e. The van der Waals surface area contributed by atoms with Gasteiger partial charge in [0.15, 0.2) is 17.7 Å². The second-order valence-corrected chi connectivity index (χ2v) is 8.10. The molecule has 0 aliphatic carbocycles. The molecule has 2 aromatic rings. The summed E-state index contributed by atoms with van der Waals surface area (Å²) in [5, 5.41) is 20.2. The maximum absolute atomic E-state index is 11.3. The number of phosphoric ester groups is 1. The van der Waals surface area contributed by atoms with Gasteiger partial charge in [-0.05, 0) is 0 Å². The number of anilines is 1.